The zero-order valence-electron chi connectivity index (χ0n) is 11.0. The Morgan fingerprint density at radius 2 is 2.20 bits per heavy atom. The van der Waals surface area contributed by atoms with Crippen LogP contribution in [-0.4, -0.2) is 28.5 Å². The van der Waals surface area contributed by atoms with E-state index in [1.807, 2.05) is 25.2 Å². The quantitative estimate of drug-likeness (QED) is 0.738. The van der Waals surface area contributed by atoms with Gasteiger partial charge < -0.3 is 9.88 Å². The number of anilines is 1. The third-order valence-electron chi connectivity index (χ3n) is 3.84. The summed E-state index contributed by atoms with van der Waals surface area (Å²) >= 11 is 0. The highest BCUT2D eigenvalue weighted by Crippen LogP contribution is 2.34. The van der Waals surface area contributed by atoms with E-state index in [1.165, 1.54) is 0 Å². The van der Waals surface area contributed by atoms with Crippen LogP contribution < -0.4 is 4.90 Å². The minimum atomic E-state index is -0.175. The predicted molar refractivity (Wildman–Crippen MR) is 76.3 cm³/mol. The highest BCUT2D eigenvalue weighted by Gasteiger charge is 2.23. The third kappa shape index (κ3) is 1.52. The van der Waals surface area contributed by atoms with Gasteiger partial charge in [-0.2, -0.15) is 0 Å². The number of hydrogen-bond acceptors (Lipinski definition) is 3. The summed E-state index contributed by atoms with van der Waals surface area (Å²) in [7, 11) is 1.98. The lowest BCUT2D eigenvalue weighted by Gasteiger charge is -2.12. The van der Waals surface area contributed by atoms with E-state index >= 15 is 0 Å². The van der Waals surface area contributed by atoms with Crippen LogP contribution in [0.3, 0.4) is 0 Å². The molecule has 1 aromatic carbocycles. The van der Waals surface area contributed by atoms with Gasteiger partial charge in [-0.3, -0.25) is 0 Å². The molecule has 1 aliphatic rings. The molecule has 3 heterocycles. The van der Waals surface area contributed by atoms with E-state index in [2.05, 4.69) is 19.9 Å². The van der Waals surface area contributed by atoms with Crippen LogP contribution in [0.15, 0.2) is 30.5 Å². The van der Waals surface area contributed by atoms with Crippen molar-refractivity contribution in [2.75, 3.05) is 18.5 Å². The fraction of sp³-hybridized carbons (Fsp3) is 0.200. The van der Waals surface area contributed by atoms with Crippen molar-refractivity contribution in [3.63, 3.8) is 0 Å². The number of nitrogens with zero attached hydrogens (tertiary/aromatic N) is 3. The first kappa shape index (κ1) is 11.4. The molecular weight excluding hydrogens is 255 g/mol. The van der Waals surface area contributed by atoms with Crippen molar-refractivity contribution in [1.82, 2.24) is 15.0 Å². The van der Waals surface area contributed by atoms with E-state index in [0.29, 0.717) is 17.0 Å². The molecular formula is C15H13FN4. The highest BCUT2D eigenvalue weighted by molar-refractivity contribution is 5.77. The van der Waals surface area contributed by atoms with Gasteiger partial charge in [0.25, 0.3) is 0 Å². The molecule has 0 aliphatic carbocycles. The number of aromatic amines is 1. The molecule has 0 atom stereocenters. The van der Waals surface area contributed by atoms with Crippen molar-refractivity contribution in [1.29, 1.82) is 0 Å². The van der Waals surface area contributed by atoms with Crippen LogP contribution in [0.2, 0.25) is 0 Å². The van der Waals surface area contributed by atoms with E-state index in [9.17, 15) is 4.39 Å². The molecule has 3 aromatic rings. The Hall–Kier alpha value is -2.43. The molecule has 5 heteroatoms. The van der Waals surface area contributed by atoms with E-state index < -0.39 is 0 Å². The maximum absolute atomic E-state index is 14.7. The maximum atomic E-state index is 14.7. The zero-order chi connectivity index (χ0) is 13.7. The first-order valence-corrected chi connectivity index (χ1v) is 6.57. The molecule has 0 spiro atoms. The molecule has 1 N–H and O–H groups in total. The van der Waals surface area contributed by atoms with E-state index in [-0.39, 0.29) is 5.82 Å². The largest absolute Gasteiger partial charge is 0.374 e. The van der Waals surface area contributed by atoms with Gasteiger partial charge in [-0.05, 0) is 30.7 Å². The Morgan fingerprint density at radius 3 is 3.05 bits per heavy atom. The minimum absolute atomic E-state index is 0.175. The number of likely N-dealkylation sites (N-methyl/N-ethyl adjacent to an activating group) is 1. The van der Waals surface area contributed by atoms with Crippen LogP contribution in [0, 0.1) is 5.82 Å². The second kappa shape index (κ2) is 4.03. The van der Waals surface area contributed by atoms with Crippen LogP contribution in [-0.2, 0) is 6.42 Å². The number of nitrogens with one attached hydrogen (secondary N) is 1. The molecule has 0 radical (unpaired) electrons. The fourth-order valence-electron chi connectivity index (χ4n) is 2.76. The lowest BCUT2D eigenvalue weighted by atomic mass is 10.1. The Kier molecular flexibility index (Phi) is 2.30. The van der Waals surface area contributed by atoms with Gasteiger partial charge in [-0.1, -0.05) is 0 Å². The molecule has 0 bridgehead atoms. The summed E-state index contributed by atoms with van der Waals surface area (Å²) in [6.45, 7) is 0.859. The van der Waals surface area contributed by atoms with Crippen molar-refractivity contribution in [3.05, 3.63) is 41.8 Å². The maximum Gasteiger partial charge on any atom is 0.178 e. The summed E-state index contributed by atoms with van der Waals surface area (Å²) in [6, 6.07) is 7.46. The second-order valence-corrected chi connectivity index (χ2v) is 5.06. The molecule has 0 saturated carbocycles. The summed E-state index contributed by atoms with van der Waals surface area (Å²) in [5.74, 6) is 0.361. The molecule has 20 heavy (non-hydrogen) atoms. The molecule has 0 saturated heterocycles. The molecule has 2 aromatic heterocycles. The van der Waals surface area contributed by atoms with Crippen LogP contribution >= 0.6 is 0 Å². The third-order valence-corrected chi connectivity index (χ3v) is 3.84. The second-order valence-electron chi connectivity index (χ2n) is 5.06. The topological polar surface area (TPSA) is 44.8 Å². The van der Waals surface area contributed by atoms with E-state index in [4.69, 9.17) is 0 Å². The lowest BCUT2D eigenvalue weighted by Crippen LogP contribution is -2.12. The molecule has 100 valence electrons. The molecule has 0 unspecified atom stereocenters. The monoisotopic (exact) mass is 268 g/mol. The van der Waals surface area contributed by atoms with Crippen molar-refractivity contribution in [2.45, 2.75) is 6.42 Å². The first-order valence-electron chi connectivity index (χ1n) is 6.57. The first-order chi connectivity index (χ1) is 9.74. The Labute approximate surface area is 115 Å². The van der Waals surface area contributed by atoms with Crippen LogP contribution in [0.25, 0.3) is 22.6 Å². The number of benzene rings is 1. The number of pyridine rings is 1. The van der Waals surface area contributed by atoms with Crippen LogP contribution in [0.4, 0.5) is 10.1 Å². The Morgan fingerprint density at radius 1 is 1.30 bits per heavy atom. The van der Waals surface area contributed by atoms with E-state index in [1.54, 1.807) is 12.3 Å². The van der Waals surface area contributed by atoms with Gasteiger partial charge in [0.2, 0.25) is 0 Å². The van der Waals surface area contributed by atoms with E-state index in [0.717, 1.165) is 29.7 Å². The van der Waals surface area contributed by atoms with Gasteiger partial charge in [-0.15, -0.1) is 0 Å². The number of hydrogen-bond donors (Lipinski definition) is 1. The summed E-state index contributed by atoms with van der Waals surface area (Å²) in [5.41, 5.74) is 3.69. The van der Waals surface area contributed by atoms with Gasteiger partial charge in [0.1, 0.15) is 11.6 Å². The standard InChI is InChI=1S/C15H13FN4/c1-20-8-6-9-12(20)5-4-10(13(9)16)14-18-11-3-2-7-17-15(11)19-14/h2-5,7H,6,8H2,1H3,(H,17,18,19). The number of imidazole rings is 1. The number of aromatic nitrogens is 3. The van der Waals surface area contributed by atoms with Gasteiger partial charge in [0.05, 0.1) is 11.1 Å². The van der Waals surface area contributed by atoms with Gasteiger partial charge in [0.15, 0.2) is 5.65 Å². The molecule has 0 fully saturated rings. The summed E-state index contributed by atoms with van der Waals surface area (Å²) < 4.78 is 14.7. The molecule has 4 rings (SSSR count). The van der Waals surface area contributed by atoms with Crippen molar-refractivity contribution >= 4 is 16.9 Å². The summed E-state index contributed by atoms with van der Waals surface area (Å²) in [5, 5.41) is 0. The van der Waals surface area contributed by atoms with Crippen molar-refractivity contribution in [2.24, 2.45) is 0 Å². The molecule has 0 amide bonds. The number of halogens is 1. The molecule has 4 nitrogen and oxygen atoms in total. The lowest BCUT2D eigenvalue weighted by molar-refractivity contribution is 0.618. The average molecular weight is 268 g/mol. The van der Waals surface area contributed by atoms with Gasteiger partial charge >= 0.3 is 0 Å². The fourth-order valence-corrected chi connectivity index (χ4v) is 2.76. The SMILES string of the molecule is CN1CCc2c1ccc(-c1nc3ncccc3[nH]1)c2F. The average Bonchev–Trinajstić information content (AvgIpc) is 3.04. The van der Waals surface area contributed by atoms with Gasteiger partial charge in [0, 0.05) is 31.0 Å². The summed E-state index contributed by atoms with van der Waals surface area (Å²) in [6.07, 6.45) is 2.42. The highest BCUT2D eigenvalue weighted by atomic mass is 19.1. The zero-order valence-corrected chi connectivity index (χ0v) is 11.0. The van der Waals surface area contributed by atoms with Crippen LogP contribution in [0.5, 0.6) is 0 Å². The van der Waals surface area contributed by atoms with Crippen molar-refractivity contribution < 1.29 is 4.39 Å². The smallest absolute Gasteiger partial charge is 0.178 e. The van der Waals surface area contributed by atoms with Gasteiger partial charge in [-0.25, -0.2) is 14.4 Å². The van der Waals surface area contributed by atoms with Crippen LogP contribution in [0.1, 0.15) is 5.56 Å². The Bertz CT molecular complexity index is 776. The minimum Gasteiger partial charge on any atom is -0.374 e. The number of H-pyrrole nitrogens is 1. The predicted octanol–water partition coefficient (Wildman–Crippen LogP) is 2.76. The molecule has 1 aliphatic heterocycles. The number of rotatable bonds is 1. The van der Waals surface area contributed by atoms with Crippen molar-refractivity contribution in [3.8, 4) is 11.4 Å². The summed E-state index contributed by atoms with van der Waals surface area (Å²) in [4.78, 5) is 13.7. The number of fused-ring (bicyclic) bond motifs is 2. The Balaban J connectivity index is 1.90. The normalized spacial score (nSPS) is 14.0.